The van der Waals surface area contributed by atoms with Crippen LogP contribution < -0.4 is 14.4 Å². The maximum Gasteiger partial charge on any atom is 0.329 e. The zero-order valence-corrected chi connectivity index (χ0v) is 18.4. The van der Waals surface area contributed by atoms with Crippen molar-refractivity contribution in [2.45, 2.75) is 32.7 Å². The van der Waals surface area contributed by atoms with Crippen molar-refractivity contribution >= 4 is 40.6 Å². The predicted molar refractivity (Wildman–Crippen MR) is 115 cm³/mol. The molecule has 162 valence electrons. The molecule has 0 N–H and O–H groups in total. The molecule has 0 unspecified atom stereocenters. The first-order valence-electron chi connectivity index (χ1n) is 9.85. The number of hydrogen-bond acceptors (Lipinski definition) is 8. The van der Waals surface area contributed by atoms with Gasteiger partial charge in [0.05, 0.1) is 31.4 Å². The van der Waals surface area contributed by atoms with Crippen LogP contribution in [0, 0.1) is 0 Å². The van der Waals surface area contributed by atoms with E-state index in [0.717, 1.165) is 48.3 Å². The van der Waals surface area contributed by atoms with Crippen LogP contribution in [0.4, 0.5) is 10.5 Å². The third-order valence-electron chi connectivity index (χ3n) is 5.10. The summed E-state index contributed by atoms with van der Waals surface area (Å²) in [5.74, 6) is 0.0940. The van der Waals surface area contributed by atoms with Crippen LogP contribution in [0.15, 0.2) is 17.0 Å². The Balaban J connectivity index is 1.93. The number of thioether (sulfide) groups is 1. The first-order chi connectivity index (χ1) is 14.4. The molecule has 0 bridgehead atoms. The van der Waals surface area contributed by atoms with E-state index in [0.29, 0.717) is 17.1 Å². The lowest BCUT2D eigenvalue weighted by Gasteiger charge is -2.22. The van der Waals surface area contributed by atoms with Crippen LogP contribution in [-0.4, -0.2) is 62.0 Å². The van der Waals surface area contributed by atoms with Crippen LogP contribution in [0.5, 0.6) is 11.5 Å². The molecule has 1 aromatic carbocycles. The fourth-order valence-electron chi connectivity index (χ4n) is 3.55. The molecule has 9 heteroatoms. The van der Waals surface area contributed by atoms with E-state index in [1.807, 2.05) is 6.07 Å². The summed E-state index contributed by atoms with van der Waals surface area (Å²) in [6.45, 7) is 5.22. The standard InChI is InChI=1S/C21H26N2O6S/c1-5-29-20(25)13(2)23-19(24)18(30-21(23)26)11-14-10-17(28-4)15(12-16(14)27-3)22-8-6-7-9-22/h10-13H,5-9H2,1-4H3/b18-11+/t13-/m0/s1. The number of nitrogens with zero attached hydrogens (tertiary/aromatic N) is 2. The number of methoxy groups -OCH3 is 2. The first-order valence-corrected chi connectivity index (χ1v) is 10.7. The monoisotopic (exact) mass is 434 g/mol. The molecule has 0 spiro atoms. The second-order valence-corrected chi connectivity index (χ2v) is 7.93. The molecule has 2 fully saturated rings. The third-order valence-corrected chi connectivity index (χ3v) is 5.99. The van der Waals surface area contributed by atoms with E-state index in [1.165, 1.54) is 6.92 Å². The third kappa shape index (κ3) is 4.26. The predicted octanol–water partition coefficient (Wildman–Crippen LogP) is 3.29. The molecule has 2 aliphatic rings. The van der Waals surface area contributed by atoms with Crippen molar-refractivity contribution in [3.63, 3.8) is 0 Å². The fraction of sp³-hybridized carbons (Fsp3) is 0.476. The van der Waals surface area contributed by atoms with Crippen LogP contribution in [0.1, 0.15) is 32.3 Å². The van der Waals surface area contributed by atoms with Gasteiger partial charge in [-0.15, -0.1) is 0 Å². The van der Waals surface area contributed by atoms with Crippen molar-refractivity contribution in [2.24, 2.45) is 0 Å². The van der Waals surface area contributed by atoms with E-state index in [4.69, 9.17) is 14.2 Å². The zero-order valence-electron chi connectivity index (χ0n) is 17.6. The lowest BCUT2D eigenvalue weighted by Crippen LogP contribution is -2.42. The molecule has 0 aromatic heterocycles. The summed E-state index contributed by atoms with van der Waals surface area (Å²) >= 11 is 0.787. The topological polar surface area (TPSA) is 85.4 Å². The molecular formula is C21H26N2O6S. The van der Waals surface area contributed by atoms with E-state index in [-0.39, 0.29) is 11.5 Å². The normalized spacial score (nSPS) is 18.9. The van der Waals surface area contributed by atoms with Gasteiger partial charge in [-0.05, 0) is 50.6 Å². The second-order valence-electron chi connectivity index (χ2n) is 6.94. The number of anilines is 1. The SMILES string of the molecule is CCOC(=O)[C@H](C)N1C(=O)S/C(=C/c2cc(OC)c(N3CCCC3)cc2OC)C1=O. The van der Waals surface area contributed by atoms with Gasteiger partial charge >= 0.3 is 5.97 Å². The Morgan fingerprint density at radius 3 is 2.43 bits per heavy atom. The summed E-state index contributed by atoms with van der Waals surface area (Å²) < 4.78 is 16.1. The van der Waals surface area contributed by atoms with Crippen molar-refractivity contribution < 1.29 is 28.6 Å². The van der Waals surface area contributed by atoms with Crippen LogP contribution in [0.25, 0.3) is 6.08 Å². The van der Waals surface area contributed by atoms with Crippen LogP contribution in [-0.2, 0) is 14.3 Å². The van der Waals surface area contributed by atoms with Gasteiger partial charge in [-0.2, -0.15) is 0 Å². The van der Waals surface area contributed by atoms with Gasteiger partial charge in [0.2, 0.25) is 0 Å². The van der Waals surface area contributed by atoms with Crippen molar-refractivity contribution in [3.8, 4) is 11.5 Å². The lowest BCUT2D eigenvalue weighted by atomic mass is 10.1. The highest BCUT2D eigenvalue weighted by Gasteiger charge is 2.41. The molecule has 0 radical (unpaired) electrons. The Bertz CT molecular complexity index is 878. The van der Waals surface area contributed by atoms with Gasteiger partial charge in [0.25, 0.3) is 11.1 Å². The maximum atomic E-state index is 12.8. The van der Waals surface area contributed by atoms with Crippen LogP contribution in [0.2, 0.25) is 0 Å². The number of carbonyl (C=O) groups excluding carboxylic acids is 3. The summed E-state index contributed by atoms with van der Waals surface area (Å²) in [7, 11) is 3.15. The Labute approximate surface area is 180 Å². The molecule has 3 rings (SSSR count). The van der Waals surface area contributed by atoms with Gasteiger partial charge in [-0.1, -0.05) is 0 Å². The molecule has 8 nitrogen and oxygen atoms in total. The van der Waals surface area contributed by atoms with E-state index in [9.17, 15) is 14.4 Å². The number of rotatable bonds is 7. The number of hydrogen-bond donors (Lipinski definition) is 0. The Hall–Kier alpha value is -2.68. The lowest BCUT2D eigenvalue weighted by molar-refractivity contribution is -0.150. The molecule has 30 heavy (non-hydrogen) atoms. The van der Waals surface area contributed by atoms with E-state index in [2.05, 4.69) is 4.90 Å². The minimum atomic E-state index is -0.989. The van der Waals surface area contributed by atoms with Gasteiger partial charge in [0, 0.05) is 24.7 Å². The smallest absolute Gasteiger partial charge is 0.329 e. The molecular weight excluding hydrogens is 408 g/mol. The average molecular weight is 435 g/mol. The summed E-state index contributed by atoms with van der Waals surface area (Å²) in [5, 5.41) is -0.508. The van der Waals surface area contributed by atoms with Gasteiger partial charge in [-0.25, -0.2) is 4.79 Å². The van der Waals surface area contributed by atoms with Crippen molar-refractivity contribution in [3.05, 3.63) is 22.6 Å². The van der Waals surface area contributed by atoms with Crippen molar-refractivity contribution in [1.29, 1.82) is 0 Å². The molecule has 1 aromatic rings. The molecule has 0 aliphatic carbocycles. The van der Waals surface area contributed by atoms with E-state index >= 15 is 0 Å². The summed E-state index contributed by atoms with van der Waals surface area (Å²) in [6.07, 6.45) is 3.84. The summed E-state index contributed by atoms with van der Waals surface area (Å²) in [5.41, 5.74) is 1.56. The molecule has 0 saturated carbocycles. The van der Waals surface area contributed by atoms with Gasteiger partial charge in [-0.3, -0.25) is 14.5 Å². The molecule has 2 aliphatic heterocycles. The fourth-order valence-corrected chi connectivity index (χ4v) is 4.45. The summed E-state index contributed by atoms with van der Waals surface area (Å²) in [6, 6.07) is 2.70. The quantitative estimate of drug-likeness (QED) is 0.477. The van der Waals surface area contributed by atoms with E-state index in [1.54, 1.807) is 33.3 Å². The first kappa shape index (κ1) is 22.0. The zero-order chi connectivity index (χ0) is 21.8. The van der Waals surface area contributed by atoms with E-state index < -0.39 is 23.2 Å². The number of amides is 2. The van der Waals surface area contributed by atoms with Crippen LogP contribution >= 0.6 is 11.8 Å². The maximum absolute atomic E-state index is 12.8. The Morgan fingerprint density at radius 1 is 1.17 bits per heavy atom. The molecule has 2 saturated heterocycles. The highest BCUT2D eigenvalue weighted by Crippen LogP contribution is 2.40. The highest BCUT2D eigenvalue weighted by molar-refractivity contribution is 8.18. The number of esters is 1. The molecule has 2 amide bonds. The Kier molecular flexibility index (Phi) is 6.91. The largest absolute Gasteiger partial charge is 0.496 e. The van der Waals surface area contributed by atoms with Gasteiger partial charge < -0.3 is 19.1 Å². The summed E-state index contributed by atoms with van der Waals surface area (Å²) in [4.78, 5) is 40.6. The van der Waals surface area contributed by atoms with Crippen molar-refractivity contribution in [2.75, 3.05) is 38.8 Å². The number of benzene rings is 1. The molecule has 1 atom stereocenters. The van der Waals surface area contributed by atoms with Crippen molar-refractivity contribution in [1.82, 2.24) is 4.90 Å². The highest BCUT2D eigenvalue weighted by atomic mass is 32.2. The Morgan fingerprint density at radius 2 is 1.83 bits per heavy atom. The van der Waals surface area contributed by atoms with Gasteiger partial charge in [0.1, 0.15) is 17.5 Å². The minimum Gasteiger partial charge on any atom is -0.496 e. The van der Waals surface area contributed by atoms with Gasteiger partial charge in [0.15, 0.2) is 0 Å². The average Bonchev–Trinajstić information content (AvgIpc) is 3.36. The number of ether oxygens (including phenoxy) is 3. The van der Waals surface area contributed by atoms with Crippen LogP contribution in [0.3, 0.4) is 0 Å². The molecule has 2 heterocycles. The minimum absolute atomic E-state index is 0.176. The number of carbonyl (C=O) groups is 3. The number of imide groups is 1. The second kappa shape index (κ2) is 9.42.